The van der Waals surface area contributed by atoms with Crippen molar-refractivity contribution in [1.29, 1.82) is 0 Å². The Kier molecular flexibility index (Phi) is 6.11. The lowest BCUT2D eigenvalue weighted by Gasteiger charge is -2.08. The number of anilines is 1. The van der Waals surface area contributed by atoms with Crippen molar-refractivity contribution in [3.05, 3.63) is 45.3 Å². The number of hydrogen-bond acceptors (Lipinski definition) is 7. The van der Waals surface area contributed by atoms with Gasteiger partial charge in [0.25, 0.3) is 5.91 Å². The highest BCUT2D eigenvalue weighted by molar-refractivity contribution is 5.96. The van der Waals surface area contributed by atoms with Crippen LogP contribution in [-0.4, -0.2) is 39.8 Å². The van der Waals surface area contributed by atoms with E-state index in [2.05, 4.69) is 10.4 Å². The maximum Gasteiger partial charge on any atom is 0.338 e. The molecule has 0 saturated heterocycles. The van der Waals surface area contributed by atoms with Crippen LogP contribution in [0.25, 0.3) is 0 Å². The maximum absolute atomic E-state index is 12.1. The standard InChI is InChI=1S/C17H20N4O6/c1-5-26-14-7-6-12(8-13(14)21(24)25)17(23)27-9-15(22)18-16-10(2)19-20(4)11(16)3/h6-8H,5,9H2,1-4H3,(H,18,22). The molecule has 1 N–H and O–H groups in total. The van der Waals surface area contributed by atoms with E-state index in [0.717, 1.165) is 11.8 Å². The van der Waals surface area contributed by atoms with Gasteiger partial charge in [-0.15, -0.1) is 0 Å². The van der Waals surface area contributed by atoms with Gasteiger partial charge in [0.05, 0.1) is 34.2 Å². The Hall–Kier alpha value is -3.43. The Balaban J connectivity index is 2.03. The average Bonchev–Trinajstić information content (AvgIpc) is 2.86. The summed E-state index contributed by atoms with van der Waals surface area (Å²) in [7, 11) is 1.75. The van der Waals surface area contributed by atoms with Gasteiger partial charge in [-0.05, 0) is 32.9 Å². The number of nitro benzene ring substituents is 1. The number of carbonyl (C=O) groups excluding carboxylic acids is 2. The number of nitrogens with zero attached hydrogens (tertiary/aromatic N) is 3. The summed E-state index contributed by atoms with van der Waals surface area (Å²) in [4.78, 5) is 34.6. The van der Waals surface area contributed by atoms with Crippen molar-refractivity contribution in [3.63, 3.8) is 0 Å². The van der Waals surface area contributed by atoms with Gasteiger partial charge in [0.2, 0.25) is 0 Å². The highest BCUT2D eigenvalue weighted by Crippen LogP contribution is 2.28. The topological polar surface area (TPSA) is 126 Å². The Labute approximate surface area is 155 Å². The van der Waals surface area contributed by atoms with Crippen molar-refractivity contribution in [2.45, 2.75) is 20.8 Å². The molecule has 0 aliphatic heterocycles. The third-order valence-electron chi connectivity index (χ3n) is 3.80. The molecule has 2 aromatic rings. The van der Waals surface area contributed by atoms with Crippen molar-refractivity contribution in [2.24, 2.45) is 7.05 Å². The molecular formula is C17H20N4O6. The van der Waals surface area contributed by atoms with E-state index in [1.165, 1.54) is 12.1 Å². The van der Waals surface area contributed by atoms with Crippen LogP contribution in [0.5, 0.6) is 5.75 Å². The lowest BCUT2D eigenvalue weighted by Crippen LogP contribution is -2.21. The molecule has 1 heterocycles. The van der Waals surface area contributed by atoms with Crippen LogP contribution in [0, 0.1) is 24.0 Å². The lowest BCUT2D eigenvalue weighted by molar-refractivity contribution is -0.385. The molecule has 10 nitrogen and oxygen atoms in total. The number of carbonyl (C=O) groups is 2. The molecule has 0 fully saturated rings. The molecule has 0 saturated carbocycles. The number of aryl methyl sites for hydroxylation is 2. The van der Waals surface area contributed by atoms with Gasteiger partial charge in [-0.25, -0.2) is 4.79 Å². The van der Waals surface area contributed by atoms with Crippen LogP contribution in [0.1, 0.15) is 28.7 Å². The summed E-state index contributed by atoms with van der Waals surface area (Å²) in [5.74, 6) is -1.33. The molecule has 1 amide bonds. The fraction of sp³-hybridized carbons (Fsp3) is 0.353. The second-order valence-electron chi connectivity index (χ2n) is 5.67. The summed E-state index contributed by atoms with van der Waals surface area (Å²) in [6, 6.07) is 3.72. The summed E-state index contributed by atoms with van der Waals surface area (Å²) >= 11 is 0. The van der Waals surface area contributed by atoms with Crippen LogP contribution in [0.15, 0.2) is 18.2 Å². The van der Waals surface area contributed by atoms with Gasteiger partial charge in [0.15, 0.2) is 12.4 Å². The zero-order valence-corrected chi connectivity index (χ0v) is 15.4. The van der Waals surface area contributed by atoms with Crippen LogP contribution in [-0.2, 0) is 16.6 Å². The van der Waals surface area contributed by atoms with Gasteiger partial charge >= 0.3 is 11.7 Å². The zero-order valence-electron chi connectivity index (χ0n) is 15.4. The van der Waals surface area contributed by atoms with Gasteiger partial charge in [-0.1, -0.05) is 0 Å². The second-order valence-corrected chi connectivity index (χ2v) is 5.67. The molecule has 144 valence electrons. The summed E-state index contributed by atoms with van der Waals surface area (Å²) in [6.07, 6.45) is 0. The van der Waals surface area contributed by atoms with Crippen molar-refractivity contribution >= 4 is 23.3 Å². The molecule has 0 unspecified atom stereocenters. The number of aromatic nitrogens is 2. The van der Waals surface area contributed by atoms with Crippen molar-refractivity contribution < 1.29 is 24.0 Å². The van der Waals surface area contributed by atoms with Crippen LogP contribution in [0.3, 0.4) is 0 Å². The number of ether oxygens (including phenoxy) is 2. The van der Waals surface area contributed by atoms with Crippen LogP contribution < -0.4 is 10.1 Å². The minimum atomic E-state index is -0.851. The van der Waals surface area contributed by atoms with E-state index < -0.39 is 23.4 Å². The Morgan fingerprint density at radius 1 is 1.33 bits per heavy atom. The number of nitro groups is 1. The van der Waals surface area contributed by atoms with Gasteiger partial charge in [-0.3, -0.25) is 19.6 Å². The molecule has 2 rings (SSSR count). The van der Waals surface area contributed by atoms with E-state index in [1.54, 1.807) is 32.5 Å². The molecule has 27 heavy (non-hydrogen) atoms. The Bertz CT molecular complexity index is 890. The molecule has 10 heteroatoms. The first kappa shape index (κ1) is 19.9. The molecule has 1 aromatic heterocycles. The molecule has 0 bridgehead atoms. The summed E-state index contributed by atoms with van der Waals surface area (Å²) in [5, 5.41) is 17.9. The number of nitrogens with one attached hydrogen (secondary N) is 1. The van der Waals surface area contributed by atoms with Crippen LogP contribution >= 0.6 is 0 Å². The summed E-state index contributed by atoms with van der Waals surface area (Å²) in [6.45, 7) is 4.94. The van der Waals surface area contributed by atoms with Gasteiger partial charge in [0.1, 0.15) is 0 Å². The average molecular weight is 376 g/mol. The van der Waals surface area contributed by atoms with E-state index >= 15 is 0 Å². The van der Waals surface area contributed by atoms with Gasteiger partial charge in [-0.2, -0.15) is 5.10 Å². The first-order valence-electron chi connectivity index (χ1n) is 8.13. The zero-order chi connectivity index (χ0) is 20.1. The smallest absolute Gasteiger partial charge is 0.338 e. The predicted molar refractivity (Wildman–Crippen MR) is 95.9 cm³/mol. The lowest BCUT2D eigenvalue weighted by atomic mass is 10.2. The number of benzene rings is 1. The number of rotatable bonds is 7. The predicted octanol–water partition coefficient (Wildman–Crippen LogP) is 2.14. The highest BCUT2D eigenvalue weighted by atomic mass is 16.6. The van der Waals surface area contributed by atoms with E-state index in [0.29, 0.717) is 11.4 Å². The molecule has 0 aliphatic carbocycles. The van der Waals surface area contributed by atoms with E-state index in [4.69, 9.17) is 9.47 Å². The third kappa shape index (κ3) is 4.60. The van der Waals surface area contributed by atoms with Gasteiger partial charge < -0.3 is 14.8 Å². The summed E-state index contributed by atoms with van der Waals surface area (Å²) < 4.78 is 11.7. The normalized spacial score (nSPS) is 10.4. The van der Waals surface area contributed by atoms with Crippen molar-refractivity contribution in [2.75, 3.05) is 18.5 Å². The third-order valence-corrected chi connectivity index (χ3v) is 3.80. The monoisotopic (exact) mass is 376 g/mol. The second kappa shape index (κ2) is 8.30. The van der Waals surface area contributed by atoms with Crippen molar-refractivity contribution in [1.82, 2.24) is 9.78 Å². The largest absolute Gasteiger partial charge is 0.487 e. The maximum atomic E-state index is 12.1. The van der Waals surface area contributed by atoms with Crippen LogP contribution in [0.2, 0.25) is 0 Å². The molecular weight excluding hydrogens is 356 g/mol. The number of hydrogen-bond donors (Lipinski definition) is 1. The molecule has 0 radical (unpaired) electrons. The van der Waals surface area contributed by atoms with Crippen molar-refractivity contribution in [3.8, 4) is 5.75 Å². The number of esters is 1. The van der Waals surface area contributed by atoms with E-state index in [1.807, 2.05) is 0 Å². The summed E-state index contributed by atoms with van der Waals surface area (Å²) in [5.41, 5.74) is 1.55. The fourth-order valence-electron chi connectivity index (χ4n) is 2.41. The van der Waals surface area contributed by atoms with Gasteiger partial charge in [0, 0.05) is 13.1 Å². The molecule has 1 aromatic carbocycles. The Morgan fingerprint density at radius 3 is 2.59 bits per heavy atom. The van der Waals surface area contributed by atoms with E-state index in [9.17, 15) is 19.7 Å². The first-order valence-corrected chi connectivity index (χ1v) is 8.13. The quantitative estimate of drug-likeness (QED) is 0.446. The number of amides is 1. The minimum Gasteiger partial charge on any atom is -0.487 e. The van der Waals surface area contributed by atoms with Crippen LogP contribution in [0.4, 0.5) is 11.4 Å². The Morgan fingerprint density at radius 2 is 2.04 bits per heavy atom. The molecule has 0 atom stereocenters. The SMILES string of the molecule is CCOc1ccc(C(=O)OCC(=O)Nc2c(C)nn(C)c2C)cc1[N+](=O)[O-]. The molecule has 0 spiro atoms. The first-order chi connectivity index (χ1) is 12.7. The minimum absolute atomic E-state index is 0.0494. The fourth-order valence-corrected chi connectivity index (χ4v) is 2.41. The van der Waals surface area contributed by atoms with E-state index in [-0.39, 0.29) is 23.6 Å². The highest BCUT2D eigenvalue weighted by Gasteiger charge is 2.20. The molecule has 0 aliphatic rings.